The molecule has 11 rings (SSSR count). The van der Waals surface area contributed by atoms with E-state index in [9.17, 15) is 17.6 Å². The highest BCUT2D eigenvalue weighted by atomic mass is 19.1. The number of halogens is 4. The Hall–Kier alpha value is -7.96. The Morgan fingerprint density at radius 3 is 1.25 bits per heavy atom. The van der Waals surface area contributed by atoms with E-state index < -0.39 is 27.5 Å². The van der Waals surface area contributed by atoms with E-state index in [4.69, 9.17) is 0 Å². The lowest BCUT2D eigenvalue weighted by atomic mass is 9.39. The smallest absolute Gasteiger partial charge is 0.123 e. The van der Waals surface area contributed by atoms with Crippen molar-refractivity contribution in [1.29, 1.82) is 0 Å². The Morgan fingerprint density at radius 2 is 0.822 bits per heavy atom. The summed E-state index contributed by atoms with van der Waals surface area (Å²) < 4.78 is 59.7. The second kappa shape index (κ2) is 17.4. The van der Waals surface area contributed by atoms with Crippen LogP contribution in [0.15, 0.2) is 218 Å². The molecule has 2 aliphatic carbocycles. The zero-order valence-electron chi connectivity index (χ0n) is 42.2. The SMILES string of the molecule is C=C/C(F)=C\C=C(/C)N(c1ccc(F)cc1)c1cc2c(c3ccccc13)-c1ccccc1C2(C(C)(C)C)C1(C(C)(C)C)c2ccccc2-c2c1cc(N(c1ccc(F)cc1)c1ccc(F)cc1)c1ccccc21. The number of allylic oxidation sites excluding steroid dienone is 5. The Morgan fingerprint density at radius 1 is 0.452 bits per heavy atom. The van der Waals surface area contributed by atoms with E-state index in [0.29, 0.717) is 11.4 Å². The van der Waals surface area contributed by atoms with Gasteiger partial charge in [0, 0.05) is 44.4 Å². The molecular weight excluding hydrogens is 909 g/mol. The zero-order valence-corrected chi connectivity index (χ0v) is 42.2. The fraction of sp³-hybridized carbons (Fsp3) is 0.164. The maximum absolute atomic E-state index is 15.0. The van der Waals surface area contributed by atoms with Crippen molar-refractivity contribution in [2.24, 2.45) is 10.8 Å². The van der Waals surface area contributed by atoms with Gasteiger partial charge in [-0.3, -0.25) is 0 Å². The molecule has 0 radical (unpaired) electrons. The molecule has 0 fully saturated rings. The van der Waals surface area contributed by atoms with E-state index >= 15 is 0 Å². The molecule has 2 nitrogen and oxygen atoms in total. The van der Waals surface area contributed by atoms with Crippen molar-refractivity contribution in [1.82, 2.24) is 0 Å². The minimum atomic E-state index is -0.873. The predicted molar refractivity (Wildman–Crippen MR) is 296 cm³/mol. The van der Waals surface area contributed by atoms with Gasteiger partial charge in [0.25, 0.3) is 0 Å². The molecule has 73 heavy (non-hydrogen) atoms. The van der Waals surface area contributed by atoms with Crippen LogP contribution in [0.2, 0.25) is 0 Å². The van der Waals surface area contributed by atoms with Gasteiger partial charge in [-0.25, -0.2) is 17.6 Å². The van der Waals surface area contributed by atoms with Crippen LogP contribution in [0, 0.1) is 28.3 Å². The molecule has 0 bridgehead atoms. The van der Waals surface area contributed by atoms with Gasteiger partial charge >= 0.3 is 0 Å². The minimum absolute atomic E-state index is 0.356. The first-order valence-corrected chi connectivity index (χ1v) is 24.9. The summed E-state index contributed by atoms with van der Waals surface area (Å²) in [6, 6.07) is 59.1. The first-order valence-electron chi connectivity index (χ1n) is 24.9. The van der Waals surface area contributed by atoms with Crippen LogP contribution < -0.4 is 9.80 Å². The lowest BCUT2D eigenvalue weighted by molar-refractivity contribution is 0.0595. The summed E-state index contributed by atoms with van der Waals surface area (Å²) in [7, 11) is 0. The fourth-order valence-corrected chi connectivity index (χ4v) is 13.2. The largest absolute Gasteiger partial charge is 0.314 e. The molecule has 0 saturated carbocycles. The first kappa shape index (κ1) is 47.4. The second-order valence-corrected chi connectivity index (χ2v) is 21.5. The van der Waals surface area contributed by atoms with Gasteiger partial charge in [-0.2, -0.15) is 0 Å². The average Bonchev–Trinajstić information content (AvgIpc) is 3.95. The third-order valence-electron chi connectivity index (χ3n) is 15.6. The molecular formula is C67H56F4N2. The molecule has 0 aliphatic heterocycles. The number of anilines is 5. The van der Waals surface area contributed by atoms with Crippen molar-refractivity contribution in [3.05, 3.63) is 258 Å². The monoisotopic (exact) mass is 964 g/mol. The van der Waals surface area contributed by atoms with Crippen molar-refractivity contribution in [2.75, 3.05) is 9.80 Å². The van der Waals surface area contributed by atoms with Crippen LogP contribution in [0.5, 0.6) is 0 Å². The van der Waals surface area contributed by atoms with Gasteiger partial charge in [0.05, 0.1) is 11.4 Å². The third-order valence-corrected chi connectivity index (χ3v) is 15.6. The van der Waals surface area contributed by atoms with Crippen LogP contribution in [0.4, 0.5) is 46.0 Å². The number of hydrogen-bond acceptors (Lipinski definition) is 2. The second-order valence-electron chi connectivity index (χ2n) is 21.5. The van der Waals surface area contributed by atoms with Crippen molar-refractivity contribution in [3.8, 4) is 22.3 Å². The number of fused-ring (bicyclic) bond motifs is 10. The quantitative estimate of drug-likeness (QED) is 0.105. The van der Waals surface area contributed by atoms with E-state index in [0.717, 1.165) is 77.7 Å². The Balaban J connectivity index is 1.35. The standard InChI is InChI=1S/C67H56F4N2/c1-9-43(68)27-26-42(2)72(47-34-28-44(69)29-35-47)60-40-58-62(52-20-12-10-18-50(52)60)54-22-14-16-24-56(54)66(58,64(3,4)5)67(65(6,7)8)57-25-17-15-23-55(57)63-53-21-13-11-19-51(53)61(41-59(63)67)73(48-36-30-45(70)31-37-48)49-38-32-46(71)33-39-49/h9-41H,1H2,2-8H3/b42-26+,43-27+. The molecule has 0 spiro atoms. The van der Waals surface area contributed by atoms with E-state index in [1.165, 1.54) is 59.7 Å². The van der Waals surface area contributed by atoms with Gasteiger partial charge in [-0.05, 0) is 176 Å². The summed E-state index contributed by atoms with van der Waals surface area (Å²) in [5.41, 5.74) is 10.9. The predicted octanol–water partition coefficient (Wildman–Crippen LogP) is 19.3. The van der Waals surface area contributed by atoms with E-state index in [1.54, 1.807) is 42.5 Å². The van der Waals surface area contributed by atoms with Crippen LogP contribution in [-0.2, 0) is 10.8 Å². The molecule has 0 amide bonds. The highest BCUT2D eigenvalue weighted by Gasteiger charge is 2.71. The summed E-state index contributed by atoms with van der Waals surface area (Å²) >= 11 is 0. The van der Waals surface area contributed by atoms with Gasteiger partial charge in [0.2, 0.25) is 0 Å². The first-order chi connectivity index (χ1) is 35.0. The van der Waals surface area contributed by atoms with Gasteiger partial charge in [-0.1, -0.05) is 145 Å². The molecule has 0 aromatic heterocycles. The van der Waals surface area contributed by atoms with Crippen LogP contribution in [0.3, 0.4) is 0 Å². The fourth-order valence-electron chi connectivity index (χ4n) is 13.2. The zero-order chi connectivity index (χ0) is 51.2. The number of rotatable bonds is 9. The highest BCUT2D eigenvalue weighted by molar-refractivity contribution is 6.13. The molecule has 0 heterocycles. The van der Waals surface area contributed by atoms with Crippen molar-refractivity contribution < 1.29 is 17.6 Å². The molecule has 2 unspecified atom stereocenters. The molecule has 6 heteroatoms. The van der Waals surface area contributed by atoms with E-state index in [2.05, 4.69) is 167 Å². The van der Waals surface area contributed by atoms with Crippen molar-refractivity contribution in [2.45, 2.75) is 59.3 Å². The summed E-state index contributed by atoms with van der Waals surface area (Å²) in [6.45, 7) is 19.9. The molecule has 362 valence electrons. The van der Waals surface area contributed by atoms with Crippen molar-refractivity contribution >= 4 is 50.0 Å². The van der Waals surface area contributed by atoms with Gasteiger partial charge in [0.15, 0.2) is 0 Å². The minimum Gasteiger partial charge on any atom is -0.314 e. The Bertz CT molecular complexity index is 3680. The van der Waals surface area contributed by atoms with Crippen LogP contribution in [0.1, 0.15) is 70.7 Å². The van der Waals surface area contributed by atoms with Crippen molar-refractivity contribution in [3.63, 3.8) is 0 Å². The highest BCUT2D eigenvalue weighted by Crippen LogP contribution is 2.76. The maximum Gasteiger partial charge on any atom is 0.123 e. The van der Waals surface area contributed by atoms with E-state index in [1.807, 2.05) is 6.92 Å². The molecule has 2 atom stereocenters. The Labute approximate surface area is 425 Å². The number of benzene rings is 9. The maximum atomic E-state index is 15.0. The normalized spacial score (nSPS) is 17.3. The molecule has 0 saturated heterocycles. The molecule has 9 aromatic carbocycles. The third kappa shape index (κ3) is 6.97. The summed E-state index contributed by atoms with van der Waals surface area (Å²) in [5, 5.41) is 4.07. The Kier molecular flexibility index (Phi) is 11.3. The molecule has 0 N–H and O–H groups in total. The van der Waals surface area contributed by atoms with Gasteiger partial charge in [0.1, 0.15) is 23.3 Å². The van der Waals surface area contributed by atoms with Gasteiger partial charge < -0.3 is 9.80 Å². The van der Waals surface area contributed by atoms with Gasteiger partial charge in [-0.15, -0.1) is 0 Å². The average molecular weight is 965 g/mol. The summed E-state index contributed by atoms with van der Waals surface area (Å²) in [5.74, 6) is -1.55. The number of hydrogen-bond donors (Lipinski definition) is 0. The van der Waals surface area contributed by atoms with Crippen LogP contribution in [-0.4, -0.2) is 0 Å². The lowest BCUT2D eigenvalue weighted by Crippen LogP contribution is -2.62. The van der Waals surface area contributed by atoms with E-state index in [-0.39, 0.29) is 17.5 Å². The molecule has 2 aliphatic rings. The van der Waals surface area contributed by atoms with Crippen LogP contribution in [0.25, 0.3) is 43.8 Å². The summed E-state index contributed by atoms with van der Waals surface area (Å²) in [4.78, 5) is 4.24. The molecule has 9 aromatic rings. The summed E-state index contributed by atoms with van der Waals surface area (Å²) in [6.07, 6.45) is 4.34. The van der Waals surface area contributed by atoms with Crippen LogP contribution >= 0.6 is 0 Å². The topological polar surface area (TPSA) is 6.48 Å². The number of nitrogens with zero attached hydrogens (tertiary/aromatic N) is 2. The lowest BCUT2D eigenvalue weighted by Gasteiger charge is -2.62.